The zero-order valence-corrected chi connectivity index (χ0v) is 27.4. The van der Waals surface area contributed by atoms with Crippen molar-refractivity contribution in [1.29, 1.82) is 0 Å². The van der Waals surface area contributed by atoms with Crippen LogP contribution in [0.4, 0.5) is 10.1 Å². The Morgan fingerprint density at radius 2 is 1.44 bits per heavy atom. The number of carbonyl (C=O) groups is 2. The first-order chi connectivity index (χ1) is 21.3. The van der Waals surface area contributed by atoms with Crippen LogP contribution < -0.4 is 9.62 Å². The SMILES string of the molecule is Cc1ccc(S(=O)(=O)N(CC(=O)N(Cc2ccc(F)cc2)[C@@H](Cc2ccccc2)C(=O)NC(C)C)c2cc(Cl)cc(Cl)c2)cc1. The topological polar surface area (TPSA) is 86.8 Å². The number of amides is 2. The predicted octanol–water partition coefficient (Wildman–Crippen LogP) is 6.80. The molecule has 11 heteroatoms. The first-order valence-corrected chi connectivity index (χ1v) is 16.5. The van der Waals surface area contributed by atoms with E-state index in [4.69, 9.17) is 23.2 Å². The molecule has 0 radical (unpaired) electrons. The molecule has 4 aromatic rings. The molecule has 236 valence electrons. The molecule has 0 unspecified atom stereocenters. The highest BCUT2D eigenvalue weighted by atomic mass is 35.5. The molecule has 0 bridgehead atoms. The Bertz CT molecular complexity index is 1720. The molecular weight excluding hydrogens is 636 g/mol. The average Bonchev–Trinajstić information content (AvgIpc) is 2.98. The highest BCUT2D eigenvalue weighted by molar-refractivity contribution is 7.92. The van der Waals surface area contributed by atoms with Crippen LogP contribution in [0.25, 0.3) is 0 Å². The Balaban J connectivity index is 1.82. The molecule has 7 nitrogen and oxygen atoms in total. The zero-order valence-electron chi connectivity index (χ0n) is 25.1. The number of benzene rings is 4. The first kappa shape index (κ1) is 34.0. The van der Waals surface area contributed by atoms with Gasteiger partial charge in [-0.15, -0.1) is 0 Å². The lowest BCUT2D eigenvalue weighted by molar-refractivity contribution is -0.140. The molecule has 0 aliphatic carbocycles. The van der Waals surface area contributed by atoms with Gasteiger partial charge in [0, 0.05) is 29.1 Å². The van der Waals surface area contributed by atoms with Crippen LogP contribution >= 0.6 is 23.2 Å². The van der Waals surface area contributed by atoms with Gasteiger partial charge in [-0.05, 0) is 74.4 Å². The molecule has 45 heavy (non-hydrogen) atoms. The Labute approximate surface area is 273 Å². The normalized spacial score (nSPS) is 12.1. The van der Waals surface area contributed by atoms with Gasteiger partial charge in [0.1, 0.15) is 18.4 Å². The van der Waals surface area contributed by atoms with Crippen molar-refractivity contribution in [3.63, 3.8) is 0 Å². The third kappa shape index (κ3) is 9.06. The number of hydrogen-bond acceptors (Lipinski definition) is 4. The van der Waals surface area contributed by atoms with E-state index >= 15 is 0 Å². The molecule has 0 saturated heterocycles. The fourth-order valence-electron chi connectivity index (χ4n) is 4.77. The summed E-state index contributed by atoms with van der Waals surface area (Å²) in [5, 5.41) is 3.25. The Kier molecular flexibility index (Phi) is 11.3. The van der Waals surface area contributed by atoms with Crippen LogP contribution in [-0.4, -0.2) is 43.8 Å². The number of nitrogens with zero attached hydrogens (tertiary/aromatic N) is 2. The maximum atomic E-state index is 14.4. The van der Waals surface area contributed by atoms with E-state index in [1.165, 1.54) is 59.5 Å². The second kappa shape index (κ2) is 14.9. The number of sulfonamides is 1. The molecule has 0 fully saturated rings. The summed E-state index contributed by atoms with van der Waals surface area (Å²) < 4.78 is 43.0. The number of halogens is 3. The van der Waals surface area contributed by atoms with E-state index in [1.54, 1.807) is 12.1 Å². The minimum absolute atomic E-state index is 0.0412. The molecule has 2 amide bonds. The molecular formula is C34H34Cl2FN3O4S. The van der Waals surface area contributed by atoms with E-state index in [1.807, 2.05) is 51.1 Å². The fraction of sp³-hybridized carbons (Fsp3) is 0.235. The Morgan fingerprint density at radius 1 is 0.844 bits per heavy atom. The Morgan fingerprint density at radius 3 is 2.02 bits per heavy atom. The van der Waals surface area contributed by atoms with Crippen LogP contribution in [-0.2, 0) is 32.6 Å². The van der Waals surface area contributed by atoms with Gasteiger partial charge < -0.3 is 10.2 Å². The molecule has 1 N–H and O–H groups in total. The number of rotatable bonds is 12. The van der Waals surface area contributed by atoms with Gasteiger partial charge in [0.25, 0.3) is 10.0 Å². The van der Waals surface area contributed by atoms with E-state index in [-0.39, 0.29) is 39.6 Å². The fourth-order valence-corrected chi connectivity index (χ4v) is 6.68. The second-order valence-electron chi connectivity index (χ2n) is 11.0. The van der Waals surface area contributed by atoms with E-state index in [0.717, 1.165) is 15.4 Å². The van der Waals surface area contributed by atoms with Gasteiger partial charge in [-0.2, -0.15) is 0 Å². The van der Waals surface area contributed by atoms with E-state index in [0.29, 0.717) is 5.56 Å². The third-order valence-corrected chi connectivity index (χ3v) is 9.22. The molecule has 1 atom stereocenters. The van der Waals surface area contributed by atoms with Gasteiger partial charge in [0.05, 0.1) is 10.6 Å². The summed E-state index contributed by atoms with van der Waals surface area (Å²) in [6.45, 7) is 4.69. The van der Waals surface area contributed by atoms with Crippen LogP contribution in [0.15, 0.2) is 102 Å². The minimum Gasteiger partial charge on any atom is -0.352 e. The van der Waals surface area contributed by atoms with Gasteiger partial charge in [-0.25, -0.2) is 12.8 Å². The largest absolute Gasteiger partial charge is 0.352 e. The quantitative estimate of drug-likeness (QED) is 0.180. The monoisotopic (exact) mass is 669 g/mol. The van der Waals surface area contributed by atoms with Crippen molar-refractivity contribution in [3.05, 3.63) is 130 Å². The standard InChI is InChI=1S/C34H34Cl2FN3O4S/c1-23(2)38-34(42)32(17-25-7-5-4-6-8-25)39(21-26-11-13-29(37)14-12-26)33(41)22-40(30-19-27(35)18-28(36)20-30)45(43,44)31-15-9-24(3)10-16-31/h4-16,18-20,23,32H,17,21-22H2,1-3H3,(H,38,42)/t32-/m0/s1. The molecule has 4 rings (SSSR count). The summed E-state index contributed by atoms with van der Waals surface area (Å²) in [5.41, 5.74) is 2.28. The van der Waals surface area contributed by atoms with Gasteiger partial charge in [0.2, 0.25) is 11.8 Å². The summed E-state index contributed by atoms with van der Waals surface area (Å²) in [6, 6.07) is 24.0. The Hall–Kier alpha value is -3.92. The maximum Gasteiger partial charge on any atom is 0.264 e. The van der Waals surface area contributed by atoms with Crippen LogP contribution in [0.1, 0.15) is 30.5 Å². The lowest BCUT2D eigenvalue weighted by Gasteiger charge is -2.34. The van der Waals surface area contributed by atoms with Crippen molar-refractivity contribution in [3.8, 4) is 0 Å². The smallest absolute Gasteiger partial charge is 0.264 e. The summed E-state index contributed by atoms with van der Waals surface area (Å²) in [6.07, 6.45) is 0.153. The van der Waals surface area contributed by atoms with E-state index in [2.05, 4.69) is 5.32 Å². The molecule has 4 aromatic carbocycles. The minimum atomic E-state index is -4.32. The number of nitrogens with one attached hydrogen (secondary N) is 1. The van der Waals surface area contributed by atoms with Crippen LogP contribution in [0.5, 0.6) is 0 Å². The summed E-state index contributed by atoms with van der Waals surface area (Å²) in [4.78, 5) is 29.4. The molecule has 0 saturated carbocycles. The highest BCUT2D eigenvalue weighted by Gasteiger charge is 2.35. The molecule has 0 aliphatic heterocycles. The third-order valence-electron chi connectivity index (χ3n) is 6.99. The van der Waals surface area contributed by atoms with Crippen molar-refractivity contribution in [2.75, 3.05) is 10.8 Å². The summed E-state index contributed by atoms with van der Waals surface area (Å²) >= 11 is 12.6. The van der Waals surface area contributed by atoms with Gasteiger partial charge in [-0.1, -0.05) is 83.4 Å². The predicted molar refractivity (Wildman–Crippen MR) is 176 cm³/mol. The van der Waals surface area contributed by atoms with Gasteiger partial charge >= 0.3 is 0 Å². The summed E-state index contributed by atoms with van der Waals surface area (Å²) in [7, 11) is -4.32. The van der Waals surface area contributed by atoms with E-state index in [9.17, 15) is 22.4 Å². The number of carbonyl (C=O) groups excluding carboxylic acids is 2. The van der Waals surface area contributed by atoms with Crippen molar-refractivity contribution < 1.29 is 22.4 Å². The van der Waals surface area contributed by atoms with Gasteiger partial charge in [0.15, 0.2) is 0 Å². The summed E-state index contributed by atoms with van der Waals surface area (Å²) in [5.74, 6) is -1.53. The van der Waals surface area contributed by atoms with Crippen LogP contribution in [0, 0.1) is 12.7 Å². The second-order valence-corrected chi connectivity index (χ2v) is 13.7. The highest BCUT2D eigenvalue weighted by Crippen LogP contribution is 2.30. The van der Waals surface area contributed by atoms with Gasteiger partial charge in [-0.3, -0.25) is 13.9 Å². The molecule has 0 aliphatic rings. The van der Waals surface area contributed by atoms with Crippen molar-refractivity contribution in [2.45, 2.75) is 50.7 Å². The average molecular weight is 671 g/mol. The maximum absolute atomic E-state index is 14.4. The lowest BCUT2D eigenvalue weighted by Crippen LogP contribution is -2.54. The van der Waals surface area contributed by atoms with Crippen molar-refractivity contribution in [2.24, 2.45) is 0 Å². The zero-order chi connectivity index (χ0) is 32.7. The van der Waals surface area contributed by atoms with E-state index < -0.39 is 40.2 Å². The number of hydrogen-bond donors (Lipinski definition) is 1. The van der Waals surface area contributed by atoms with Crippen molar-refractivity contribution >= 4 is 50.7 Å². The van der Waals surface area contributed by atoms with Crippen molar-refractivity contribution in [1.82, 2.24) is 10.2 Å². The molecule has 0 aromatic heterocycles. The number of aryl methyl sites for hydroxylation is 1. The van der Waals surface area contributed by atoms with Crippen LogP contribution in [0.3, 0.4) is 0 Å². The lowest BCUT2D eigenvalue weighted by atomic mass is 10.0. The number of anilines is 1. The molecule has 0 heterocycles. The van der Waals surface area contributed by atoms with Crippen LogP contribution in [0.2, 0.25) is 10.0 Å². The first-order valence-electron chi connectivity index (χ1n) is 14.3. The molecule has 0 spiro atoms.